The molecule has 0 radical (unpaired) electrons. The summed E-state index contributed by atoms with van der Waals surface area (Å²) in [4.78, 5) is 32.8. The zero-order valence-corrected chi connectivity index (χ0v) is 28.3. The molecule has 0 saturated heterocycles. The summed E-state index contributed by atoms with van der Waals surface area (Å²) in [7, 11) is 3.40. The Bertz CT molecular complexity index is 1890. The number of nitrogens with zero attached hydrogens (tertiary/aromatic N) is 4. The molecule has 242 valence electrons. The molecule has 2 aliphatic rings. The Morgan fingerprint density at radius 1 is 0.830 bits per heavy atom. The van der Waals surface area contributed by atoms with Gasteiger partial charge < -0.3 is 19.3 Å². The summed E-state index contributed by atoms with van der Waals surface area (Å²) in [5.41, 5.74) is 6.26. The number of para-hydroxylation sites is 4. The van der Waals surface area contributed by atoms with Crippen LogP contribution in [0, 0.1) is 0 Å². The van der Waals surface area contributed by atoms with Crippen molar-refractivity contribution < 1.29 is 23.6 Å². The number of hydrogen-bond donors (Lipinski definition) is 0. The quantitative estimate of drug-likeness (QED) is 0.0907. The Morgan fingerprint density at radius 3 is 2.21 bits per heavy atom. The number of aromatic nitrogens is 2. The van der Waals surface area contributed by atoms with E-state index in [0.29, 0.717) is 43.0 Å². The Labute approximate surface area is 280 Å². The van der Waals surface area contributed by atoms with Crippen LogP contribution in [-0.4, -0.2) is 62.4 Å². The maximum Gasteiger partial charge on any atom is 0.283 e. The largest absolute Gasteiger partial charge is 0.383 e. The predicted molar refractivity (Wildman–Crippen MR) is 190 cm³/mol. The van der Waals surface area contributed by atoms with Crippen LogP contribution in [0.1, 0.15) is 30.0 Å². The van der Waals surface area contributed by atoms with Crippen LogP contribution in [0.5, 0.6) is 0 Å². The molecule has 0 atom stereocenters. The van der Waals surface area contributed by atoms with Crippen molar-refractivity contribution in [1.29, 1.82) is 0 Å². The molecule has 0 spiro atoms. The molecule has 1 aliphatic heterocycles. The maximum atomic E-state index is 14.2. The summed E-state index contributed by atoms with van der Waals surface area (Å²) in [6, 6.07) is 25.9. The molecular formula is C38H41N4O4S+. The van der Waals surface area contributed by atoms with Gasteiger partial charge in [-0.05, 0) is 44.2 Å². The predicted octanol–water partition coefficient (Wildman–Crippen LogP) is 6.27. The van der Waals surface area contributed by atoms with Crippen molar-refractivity contribution in [1.82, 2.24) is 4.57 Å². The monoisotopic (exact) mass is 649 g/mol. The lowest BCUT2D eigenvalue weighted by molar-refractivity contribution is -0.675. The molecule has 4 aromatic rings. The smallest absolute Gasteiger partial charge is 0.283 e. The van der Waals surface area contributed by atoms with Crippen molar-refractivity contribution >= 4 is 51.8 Å². The molecule has 9 heteroatoms. The molecule has 8 nitrogen and oxygen atoms in total. The van der Waals surface area contributed by atoms with Gasteiger partial charge >= 0.3 is 0 Å². The molecule has 47 heavy (non-hydrogen) atoms. The Balaban J connectivity index is 1.48. The number of methoxy groups -OCH3 is 2. The SMILES string of the molecule is CCN1C(=CC2=C(SCC(=O)c3ccccc3)C(=Cc3n(CC)c4ccccc4[n+]3CCOC)C2=O)N(CCOC)c2ccccc21. The first-order valence-corrected chi connectivity index (χ1v) is 17.1. The van der Waals surface area contributed by atoms with Gasteiger partial charge in [-0.2, -0.15) is 0 Å². The summed E-state index contributed by atoms with van der Waals surface area (Å²) in [5.74, 6) is 2.08. The van der Waals surface area contributed by atoms with E-state index in [1.807, 2.05) is 66.7 Å². The van der Waals surface area contributed by atoms with Crippen LogP contribution in [0.25, 0.3) is 17.1 Å². The van der Waals surface area contributed by atoms with Gasteiger partial charge in [0.1, 0.15) is 12.4 Å². The third-order valence-electron chi connectivity index (χ3n) is 8.67. The van der Waals surface area contributed by atoms with Gasteiger partial charge in [0.25, 0.3) is 5.82 Å². The third kappa shape index (κ3) is 6.18. The number of aryl methyl sites for hydroxylation is 1. The Kier molecular flexibility index (Phi) is 10.1. The average molecular weight is 650 g/mol. The van der Waals surface area contributed by atoms with Gasteiger partial charge in [0.15, 0.2) is 22.6 Å². The number of allylic oxidation sites excluding steroid dienone is 3. The van der Waals surface area contributed by atoms with Crippen molar-refractivity contribution in [2.24, 2.45) is 0 Å². The summed E-state index contributed by atoms with van der Waals surface area (Å²) >= 11 is 1.44. The number of ether oxygens (including phenoxy) is 2. The zero-order valence-electron chi connectivity index (χ0n) is 27.4. The number of fused-ring (bicyclic) bond motifs is 2. The average Bonchev–Trinajstić information content (AvgIpc) is 3.59. The fraction of sp³-hybridized carbons (Fsp3) is 0.289. The number of rotatable bonds is 14. The maximum absolute atomic E-state index is 14.2. The van der Waals surface area contributed by atoms with Gasteiger partial charge in [-0.3, -0.25) is 9.59 Å². The van der Waals surface area contributed by atoms with Crippen molar-refractivity contribution in [2.75, 3.05) is 56.1 Å². The second kappa shape index (κ2) is 14.5. The molecule has 0 saturated carbocycles. The number of carbonyl (C=O) groups excluding carboxylic acids is 2. The summed E-state index contributed by atoms with van der Waals surface area (Å²) in [5, 5.41) is 0. The highest BCUT2D eigenvalue weighted by atomic mass is 32.2. The highest BCUT2D eigenvalue weighted by Crippen LogP contribution is 2.45. The van der Waals surface area contributed by atoms with E-state index in [9.17, 15) is 9.59 Å². The first kappa shape index (κ1) is 32.5. The van der Waals surface area contributed by atoms with Crippen LogP contribution in [-0.2, 0) is 27.4 Å². The molecule has 0 unspecified atom stereocenters. The number of imidazole rings is 1. The molecule has 0 bridgehead atoms. The van der Waals surface area contributed by atoms with Gasteiger partial charge in [0.05, 0.1) is 36.9 Å². The number of Topliss-reactive ketones (excluding diaryl/α,β-unsaturated/α-hetero) is 2. The number of carbonyl (C=O) groups is 2. The molecule has 1 aromatic heterocycles. The van der Waals surface area contributed by atoms with Gasteiger partial charge in [0, 0.05) is 55.0 Å². The minimum absolute atomic E-state index is 0.0248. The molecule has 1 aliphatic carbocycles. The molecule has 0 amide bonds. The number of hydrogen-bond acceptors (Lipinski definition) is 7. The lowest BCUT2D eigenvalue weighted by atomic mass is 9.89. The number of benzene rings is 3. The van der Waals surface area contributed by atoms with E-state index < -0.39 is 0 Å². The van der Waals surface area contributed by atoms with E-state index in [4.69, 9.17) is 9.47 Å². The number of ketones is 2. The molecule has 6 rings (SSSR count). The van der Waals surface area contributed by atoms with Crippen LogP contribution in [0.4, 0.5) is 11.4 Å². The topological polar surface area (TPSA) is 67.9 Å². The summed E-state index contributed by atoms with van der Waals surface area (Å²) in [6.07, 6.45) is 4.00. The molecule has 3 aromatic carbocycles. The van der Waals surface area contributed by atoms with Crippen LogP contribution >= 0.6 is 11.8 Å². The fourth-order valence-corrected chi connectivity index (χ4v) is 7.45. The standard InChI is InChI=1S/C38H41N4O4S/c1-5-39-30-16-10-12-18-32(30)41(20-22-45-3)35(39)24-28-37(44)29(38(28)47-26-34(43)27-14-8-7-9-15-27)25-36-40(6-2)31-17-11-13-19-33(31)42(36)21-23-46-4/h7-19,24-25H,5-6,20-23,26H2,1-4H3/q+1. The van der Waals surface area contributed by atoms with Crippen LogP contribution in [0.15, 0.2) is 107 Å². The van der Waals surface area contributed by atoms with Gasteiger partial charge in [-0.25, -0.2) is 9.13 Å². The first-order valence-electron chi connectivity index (χ1n) is 16.1. The minimum atomic E-state index is -0.0305. The lowest BCUT2D eigenvalue weighted by Gasteiger charge is -2.28. The fourth-order valence-electron chi connectivity index (χ4n) is 6.39. The van der Waals surface area contributed by atoms with Crippen LogP contribution < -0.4 is 14.4 Å². The van der Waals surface area contributed by atoms with Gasteiger partial charge in [-0.1, -0.05) is 54.6 Å². The van der Waals surface area contributed by atoms with Crippen molar-refractivity contribution in [3.05, 3.63) is 118 Å². The second-order valence-corrected chi connectivity index (χ2v) is 12.3. The Hall–Kier alpha value is -4.44. The molecular weight excluding hydrogens is 609 g/mol. The van der Waals surface area contributed by atoms with Crippen LogP contribution in [0.3, 0.4) is 0 Å². The summed E-state index contributed by atoms with van der Waals surface area (Å²) in [6.45, 7) is 8.07. The van der Waals surface area contributed by atoms with Crippen molar-refractivity contribution in [3.8, 4) is 0 Å². The van der Waals surface area contributed by atoms with Crippen LogP contribution in [0.2, 0.25) is 0 Å². The highest BCUT2D eigenvalue weighted by molar-refractivity contribution is 8.04. The summed E-state index contributed by atoms with van der Waals surface area (Å²) < 4.78 is 15.4. The second-order valence-electron chi connectivity index (χ2n) is 11.3. The minimum Gasteiger partial charge on any atom is -0.383 e. The first-order chi connectivity index (χ1) is 23.0. The van der Waals surface area contributed by atoms with E-state index >= 15 is 0 Å². The van der Waals surface area contributed by atoms with E-state index in [2.05, 4.69) is 57.0 Å². The Morgan fingerprint density at radius 2 is 1.51 bits per heavy atom. The zero-order chi connectivity index (χ0) is 32.9. The number of anilines is 2. The molecule has 0 fully saturated rings. The van der Waals surface area contributed by atoms with E-state index in [1.54, 1.807) is 14.2 Å². The van der Waals surface area contributed by atoms with Crippen molar-refractivity contribution in [3.63, 3.8) is 0 Å². The third-order valence-corrected chi connectivity index (χ3v) is 9.81. The van der Waals surface area contributed by atoms with E-state index in [1.165, 1.54) is 11.8 Å². The highest BCUT2D eigenvalue weighted by Gasteiger charge is 2.38. The van der Waals surface area contributed by atoms with Crippen molar-refractivity contribution in [2.45, 2.75) is 26.9 Å². The molecule has 0 N–H and O–H groups in total. The van der Waals surface area contributed by atoms with E-state index in [0.717, 1.165) is 52.0 Å². The van der Waals surface area contributed by atoms with Gasteiger partial charge in [0.2, 0.25) is 0 Å². The normalized spacial score (nSPS) is 16.1. The van der Waals surface area contributed by atoms with Gasteiger partial charge in [-0.15, -0.1) is 11.8 Å². The molecule has 2 heterocycles. The van der Waals surface area contributed by atoms with E-state index in [-0.39, 0.29) is 17.3 Å². The number of thioether (sulfide) groups is 1. The lowest BCUT2D eigenvalue weighted by Crippen LogP contribution is -2.39.